The molecule has 3 N–H and O–H groups in total. The zero-order valence-corrected chi connectivity index (χ0v) is 17.5. The molecular formula is C24H21F3N4O2. The molecule has 2 aromatic carbocycles. The summed E-state index contributed by atoms with van der Waals surface area (Å²) in [6.07, 6.45) is 2.98. The van der Waals surface area contributed by atoms with Crippen molar-refractivity contribution in [2.24, 2.45) is 0 Å². The third-order valence-electron chi connectivity index (χ3n) is 6.10. The number of benzene rings is 2. The van der Waals surface area contributed by atoms with Crippen LogP contribution < -0.4 is 5.32 Å². The molecule has 4 aromatic rings. The molecule has 33 heavy (non-hydrogen) atoms. The highest BCUT2D eigenvalue weighted by molar-refractivity contribution is 6.03. The monoisotopic (exact) mass is 454 g/mol. The number of hydrogen-bond donors (Lipinski definition) is 3. The molecule has 6 nitrogen and oxygen atoms in total. The molecule has 9 heteroatoms. The molecule has 0 atom stereocenters. The lowest BCUT2D eigenvalue weighted by atomic mass is 9.78. The highest BCUT2D eigenvalue weighted by Crippen LogP contribution is 2.35. The number of aromatic nitrogens is 3. The lowest BCUT2D eigenvalue weighted by Crippen LogP contribution is -2.40. The van der Waals surface area contributed by atoms with Crippen LogP contribution in [-0.4, -0.2) is 31.4 Å². The fourth-order valence-electron chi connectivity index (χ4n) is 4.07. The Balaban J connectivity index is 1.38. The van der Waals surface area contributed by atoms with Gasteiger partial charge in [-0.3, -0.25) is 4.79 Å². The quantitative estimate of drug-likeness (QED) is 0.384. The van der Waals surface area contributed by atoms with E-state index in [4.69, 9.17) is 0 Å². The molecule has 1 saturated carbocycles. The van der Waals surface area contributed by atoms with Gasteiger partial charge in [-0.25, -0.2) is 4.68 Å². The molecule has 1 aliphatic rings. The number of H-pyrrole nitrogens is 1. The first kappa shape index (κ1) is 21.3. The van der Waals surface area contributed by atoms with Gasteiger partial charge < -0.3 is 15.4 Å². The first-order chi connectivity index (χ1) is 15.7. The maximum atomic E-state index is 12.8. The Morgan fingerprint density at radius 2 is 1.91 bits per heavy atom. The molecule has 5 rings (SSSR count). The van der Waals surface area contributed by atoms with Gasteiger partial charge in [0, 0.05) is 28.9 Å². The predicted octanol–water partition coefficient (Wildman–Crippen LogP) is 5.28. The van der Waals surface area contributed by atoms with E-state index in [1.54, 1.807) is 18.6 Å². The van der Waals surface area contributed by atoms with Crippen molar-refractivity contribution in [1.82, 2.24) is 14.8 Å². The van der Waals surface area contributed by atoms with E-state index in [0.29, 0.717) is 24.2 Å². The van der Waals surface area contributed by atoms with Gasteiger partial charge in [-0.1, -0.05) is 6.07 Å². The maximum Gasteiger partial charge on any atom is 0.416 e. The van der Waals surface area contributed by atoms with Crippen LogP contribution in [0.15, 0.2) is 61.1 Å². The van der Waals surface area contributed by atoms with Gasteiger partial charge >= 0.3 is 6.18 Å². The van der Waals surface area contributed by atoms with Crippen molar-refractivity contribution in [3.05, 3.63) is 66.6 Å². The second kappa shape index (κ2) is 7.77. The number of fused-ring (bicyclic) bond motifs is 1. The van der Waals surface area contributed by atoms with Crippen molar-refractivity contribution in [2.45, 2.75) is 37.5 Å². The summed E-state index contributed by atoms with van der Waals surface area (Å²) in [5.74, 6) is -0.237. The van der Waals surface area contributed by atoms with E-state index < -0.39 is 17.3 Å². The Labute approximate surface area is 187 Å². The molecule has 0 saturated heterocycles. The summed E-state index contributed by atoms with van der Waals surface area (Å²) >= 11 is 0. The van der Waals surface area contributed by atoms with Gasteiger partial charge in [0.1, 0.15) is 0 Å². The zero-order chi connectivity index (χ0) is 23.2. The standard InChI is InChI=1S/C24H21F3N4O2/c25-24(26,27)17-3-5-18(6-4-17)31-14-16(12-29-31)15-2-7-20-19(10-15)21(13-28-20)30-22(32)11-23(33)8-1-9-23/h2-7,10,12-14,28,33H,1,8-9,11H2,(H,30,32). The van der Waals surface area contributed by atoms with Gasteiger partial charge in [0.15, 0.2) is 0 Å². The van der Waals surface area contributed by atoms with E-state index in [1.165, 1.54) is 16.8 Å². The van der Waals surface area contributed by atoms with Crippen LogP contribution in [0.1, 0.15) is 31.2 Å². The van der Waals surface area contributed by atoms with Crippen LogP contribution in [-0.2, 0) is 11.0 Å². The third-order valence-corrected chi connectivity index (χ3v) is 6.10. The van der Waals surface area contributed by atoms with Crippen LogP contribution in [0, 0.1) is 0 Å². The molecular weight excluding hydrogens is 433 g/mol. The van der Waals surface area contributed by atoms with Gasteiger partial charge in [-0.2, -0.15) is 18.3 Å². The molecule has 0 spiro atoms. The molecule has 1 fully saturated rings. The van der Waals surface area contributed by atoms with Crippen molar-refractivity contribution in [1.29, 1.82) is 0 Å². The fraction of sp³-hybridized carbons (Fsp3) is 0.250. The summed E-state index contributed by atoms with van der Waals surface area (Å²) < 4.78 is 39.9. The van der Waals surface area contributed by atoms with Crippen molar-refractivity contribution in [2.75, 3.05) is 5.32 Å². The van der Waals surface area contributed by atoms with Crippen LogP contribution in [0.4, 0.5) is 18.9 Å². The smallest absolute Gasteiger partial charge is 0.389 e. The van der Waals surface area contributed by atoms with Crippen molar-refractivity contribution in [3.8, 4) is 16.8 Å². The average Bonchev–Trinajstić information content (AvgIpc) is 3.39. The largest absolute Gasteiger partial charge is 0.416 e. The number of nitrogens with one attached hydrogen (secondary N) is 2. The first-order valence-corrected chi connectivity index (χ1v) is 10.6. The number of alkyl halides is 3. The number of rotatable bonds is 5. The average molecular weight is 454 g/mol. The fourth-order valence-corrected chi connectivity index (χ4v) is 4.07. The Morgan fingerprint density at radius 3 is 2.58 bits per heavy atom. The molecule has 170 valence electrons. The normalized spacial score (nSPS) is 15.4. The summed E-state index contributed by atoms with van der Waals surface area (Å²) in [6, 6.07) is 10.5. The van der Waals surface area contributed by atoms with Crippen LogP contribution in [0.25, 0.3) is 27.7 Å². The van der Waals surface area contributed by atoms with Crippen LogP contribution in [0.5, 0.6) is 0 Å². The number of anilines is 1. The number of aliphatic hydroxyl groups is 1. The summed E-state index contributed by atoms with van der Waals surface area (Å²) in [4.78, 5) is 15.5. The third kappa shape index (κ3) is 4.23. The molecule has 0 aliphatic heterocycles. The van der Waals surface area contributed by atoms with Crippen molar-refractivity contribution < 1.29 is 23.1 Å². The molecule has 0 radical (unpaired) electrons. The number of hydrogen-bond acceptors (Lipinski definition) is 3. The van der Waals surface area contributed by atoms with E-state index in [9.17, 15) is 23.1 Å². The summed E-state index contributed by atoms with van der Waals surface area (Å²) in [7, 11) is 0. The summed E-state index contributed by atoms with van der Waals surface area (Å²) in [6.45, 7) is 0. The minimum absolute atomic E-state index is 0.0687. The second-order valence-corrected chi connectivity index (χ2v) is 8.48. The second-order valence-electron chi connectivity index (χ2n) is 8.48. The molecule has 2 aromatic heterocycles. The first-order valence-electron chi connectivity index (χ1n) is 10.6. The van der Waals surface area contributed by atoms with Gasteiger partial charge in [-0.05, 0) is 61.2 Å². The highest BCUT2D eigenvalue weighted by atomic mass is 19.4. The van der Waals surface area contributed by atoms with Gasteiger partial charge in [0.2, 0.25) is 5.91 Å². The van der Waals surface area contributed by atoms with Gasteiger partial charge in [-0.15, -0.1) is 0 Å². The number of nitrogens with zero attached hydrogens (tertiary/aromatic N) is 2. The predicted molar refractivity (Wildman–Crippen MR) is 118 cm³/mol. The van der Waals surface area contributed by atoms with E-state index in [2.05, 4.69) is 15.4 Å². The lowest BCUT2D eigenvalue weighted by Gasteiger charge is -2.35. The Hall–Kier alpha value is -3.59. The minimum Gasteiger partial charge on any atom is -0.389 e. The Morgan fingerprint density at radius 1 is 1.15 bits per heavy atom. The van der Waals surface area contributed by atoms with Gasteiger partial charge in [0.25, 0.3) is 0 Å². The number of aromatic amines is 1. The lowest BCUT2D eigenvalue weighted by molar-refractivity contribution is -0.137. The van der Waals surface area contributed by atoms with Crippen molar-refractivity contribution in [3.63, 3.8) is 0 Å². The van der Waals surface area contributed by atoms with Crippen LogP contribution in [0.3, 0.4) is 0 Å². The van der Waals surface area contributed by atoms with Crippen molar-refractivity contribution >= 4 is 22.5 Å². The number of halogens is 3. The maximum absolute atomic E-state index is 12.8. The Bertz CT molecular complexity index is 1320. The SMILES string of the molecule is O=C(CC1(O)CCC1)Nc1c[nH]c2ccc(-c3cnn(-c4ccc(C(F)(F)F)cc4)c3)cc12. The van der Waals surface area contributed by atoms with Crippen LogP contribution >= 0.6 is 0 Å². The molecule has 0 bridgehead atoms. The van der Waals surface area contributed by atoms with E-state index >= 15 is 0 Å². The Kier molecular flexibility index (Phi) is 5.01. The molecule has 1 aliphatic carbocycles. The molecule has 1 amide bonds. The highest BCUT2D eigenvalue weighted by Gasteiger charge is 2.36. The summed E-state index contributed by atoms with van der Waals surface area (Å²) in [5.41, 5.74) is 1.98. The topological polar surface area (TPSA) is 82.9 Å². The zero-order valence-electron chi connectivity index (χ0n) is 17.5. The minimum atomic E-state index is -4.39. The van der Waals surface area contributed by atoms with E-state index in [1.807, 2.05) is 18.2 Å². The number of amides is 1. The van der Waals surface area contributed by atoms with Crippen LogP contribution in [0.2, 0.25) is 0 Å². The van der Waals surface area contributed by atoms with E-state index in [0.717, 1.165) is 40.6 Å². The molecule has 2 heterocycles. The number of carbonyl (C=O) groups excluding carboxylic acids is 1. The summed E-state index contributed by atoms with van der Waals surface area (Å²) in [5, 5.41) is 18.2. The number of carbonyl (C=O) groups is 1. The van der Waals surface area contributed by atoms with Gasteiger partial charge in [0.05, 0.1) is 35.2 Å². The molecule has 0 unspecified atom stereocenters. The van der Waals surface area contributed by atoms with E-state index in [-0.39, 0.29) is 12.3 Å².